The molecule has 0 bridgehead atoms. The van der Waals surface area contributed by atoms with Gasteiger partial charge in [-0.05, 0) is 49.2 Å². The number of ether oxygens (including phenoxy) is 2. The van der Waals surface area contributed by atoms with Gasteiger partial charge in [0, 0.05) is 6.07 Å². The van der Waals surface area contributed by atoms with Crippen LogP contribution in [-0.4, -0.2) is 22.6 Å². The Balaban J connectivity index is 2.46. The van der Waals surface area contributed by atoms with Crippen molar-refractivity contribution in [3.05, 3.63) is 47.5 Å². The molecule has 0 amide bonds. The van der Waals surface area contributed by atoms with E-state index < -0.39 is 10.1 Å². The van der Waals surface area contributed by atoms with Crippen molar-refractivity contribution in [2.45, 2.75) is 18.7 Å². The second-order valence-corrected chi connectivity index (χ2v) is 6.39. The molecule has 0 unspecified atom stereocenters. The molecule has 0 spiro atoms. The summed E-state index contributed by atoms with van der Waals surface area (Å²) in [6.45, 7) is 3.75. The molecule has 0 aliphatic rings. The predicted molar refractivity (Wildman–Crippen MR) is 83.3 cm³/mol. The van der Waals surface area contributed by atoms with Crippen LogP contribution in [0.25, 0.3) is 0 Å². The van der Waals surface area contributed by atoms with Gasteiger partial charge in [0.25, 0.3) is 0 Å². The lowest BCUT2D eigenvalue weighted by molar-refractivity contribution is 0.388. The Hall–Kier alpha value is -2.21. The molecule has 0 atom stereocenters. The van der Waals surface area contributed by atoms with Gasteiger partial charge < -0.3 is 13.7 Å². The van der Waals surface area contributed by atoms with Crippen LogP contribution in [-0.2, 0) is 10.1 Å². The van der Waals surface area contributed by atoms with E-state index in [1.807, 2.05) is 19.9 Å². The summed E-state index contributed by atoms with van der Waals surface area (Å²) in [5.41, 5.74) is 1.84. The highest BCUT2D eigenvalue weighted by molar-refractivity contribution is 7.87. The molecule has 0 saturated heterocycles. The minimum atomic E-state index is -4.03. The van der Waals surface area contributed by atoms with Crippen molar-refractivity contribution < 1.29 is 22.1 Å². The van der Waals surface area contributed by atoms with E-state index in [4.69, 9.17) is 13.7 Å². The van der Waals surface area contributed by atoms with Crippen LogP contribution in [0.4, 0.5) is 0 Å². The third-order valence-corrected chi connectivity index (χ3v) is 4.31. The van der Waals surface area contributed by atoms with Gasteiger partial charge in [0.05, 0.1) is 14.2 Å². The Morgan fingerprint density at radius 3 is 2.00 bits per heavy atom. The average molecular weight is 322 g/mol. The van der Waals surface area contributed by atoms with E-state index in [1.54, 1.807) is 18.2 Å². The molecular formula is C16H18O5S. The predicted octanol–water partition coefficient (Wildman–Crippen LogP) is 3.09. The second kappa shape index (κ2) is 6.27. The highest BCUT2D eigenvalue weighted by atomic mass is 32.2. The second-order valence-electron chi connectivity index (χ2n) is 4.88. The van der Waals surface area contributed by atoms with Crippen LogP contribution < -0.4 is 13.7 Å². The molecule has 2 aromatic rings. The topological polar surface area (TPSA) is 61.8 Å². The SMILES string of the molecule is COc1ccc(OC)c(S(=O)(=O)Oc2cc(C)cc(C)c2)c1. The minimum absolute atomic E-state index is 0.0755. The van der Waals surface area contributed by atoms with Crippen molar-refractivity contribution in [1.29, 1.82) is 0 Å². The zero-order valence-corrected chi connectivity index (χ0v) is 13.7. The van der Waals surface area contributed by atoms with Gasteiger partial charge in [0.1, 0.15) is 17.2 Å². The highest BCUT2D eigenvalue weighted by Gasteiger charge is 2.23. The lowest BCUT2D eigenvalue weighted by Gasteiger charge is -2.12. The maximum absolute atomic E-state index is 12.5. The van der Waals surface area contributed by atoms with Crippen molar-refractivity contribution >= 4 is 10.1 Å². The van der Waals surface area contributed by atoms with Gasteiger partial charge in [-0.25, -0.2) is 0 Å². The Morgan fingerprint density at radius 2 is 1.45 bits per heavy atom. The molecule has 2 aromatic carbocycles. The molecular weight excluding hydrogens is 304 g/mol. The maximum atomic E-state index is 12.5. The normalized spacial score (nSPS) is 11.1. The molecule has 0 aliphatic carbocycles. The highest BCUT2D eigenvalue weighted by Crippen LogP contribution is 2.30. The minimum Gasteiger partial charge on any atom is -0.497 e. The standard InChI is InChI=1S/C16H18O5S/c1-11-7-12(2)9-14(8-11)21-22(17,18)16-10-13(19-3)5-6-15(16)20-4/h5-10H,1-4H3. The first-order valence-corrected chi connectivity index (χ1v) is 8.01. The number of aryl methyl sites for hydroxylation is 2. The van der Waals surface area contributed by atoms with Gasteiger partial charge in [0.15, 0.2) is 4.90 Å². The summed E-state index contributed by atoms with van der Waals surface area (Å²) < 4.78 is 40.4. The van der Waals surface area contributed by atoms with E-state index in [0.29, 0.717) is 5.75 Å². The van der Waals surface area contributed by atoms with Gasteiger partial charge >= 0.3 is 10.1 Å². The Morgan fingerprint density at radius 1 is 0.818 bits per heavy atom. The molecule has 0 saturated carbocycles. The van der Waals surface area contributed by atoms with Crippen LogP contribution in [0.1, 0.15) is 11.1 Å². The first-order valence-electron chi connectivity index (χ1n) is 6.60. The molecule has 0 fully saturated rings. The number of hydrogen-bond acceptors (Lipinski definition) is 5. The first kappa shape index (κ1) is 16.2. The smallest absolute Gasteiger partial charge is 0.343 e. The fourth-order valence-electron chi connectivity index (χ4n) is 2.13. The number of rotatable bonds is 5. The molecule has 0 radical (unpaired) electrons. The zero-order valence-electron chi connectivity index (χ0n) is 12.9. The van der Waals surface area contributed by atoms with E-state index in [-0.39, 0.29) is 16.4 Å². The van der Waals surface area contributed by atoms with Gasteiger partial charge in [-0.2, -0.15) is 8.42 Å². The lowest BCUT2D eigenvalue weighted by atomic mass is 10.1. The van der Waals surface area contributed by atoms with Gasteiger partial charge in [-0.1, -0.05) is 6.07 Å². The summed E-state index contributed by atoms with van der Waals surface area (Å²) in [5.74, 6) is 0.871. The van der Waals surface area contributed by atoms with E-state index in [1.165, 1.54) is 26.4 Å². The van der Waals surface area contributed by atoms with Crippen LogP contribution in [0, 0.1) is 13.8 Å². The van der Waals surface area contributed by atoms with Gasteiger partial charge in [-0.3, -0.25) is 0 Å². The Bertz CT molecular complexity index is 761. The summed E-state index contributed by atoms with van der Waals surface area (Å²) in [7, 11) is -1.17. The summed E-state index contributed by atoms with van der Waals surface area (Å²) in [5, 5.41) is 0. The summed E-state index contributed by atoms with van der Waals surface area (Å²) in [6, 6.07) is 9.78. The number of methoxy groups -OCH3 is 2. The molecule has 22 heavy (non-hydrogen) atoms. The molecule has 0 aliphatic heterocycles. The molecule has 0 heterocycles. The van der Waals surface area contributed by atoms with Crippen molar-refractivity contribution in [2.24, 2.45) is 0 Å². The Labute approximate surface area is 130 Å². The van der Waals surface area contributed by atoms with Crippen molar-refractivity contribution in [3.63, 3.8) is 0 Å². The average Bonchev–Trinajstić information content (AvgIpc) is 2.44. The molecule has 2 rings (SSSR count). The van der Waals surface area contributed by atoms with Crippen LogP contribution in [0.15, 0.2) is 41.3 Å². The molecule has 6 heteroatoms. The van der Waals surface area contributed by atoms with E-state index in [0.717, 1.165) is 11.1 Å². The van der Waals surface area contributed by atoms with Gasteiger partial charge in [-0.15, -0.1) is 0 Å². The van der Waals surface area contributed by atoms with E-state index in [2.05, 4.69) is 0 Å². The van der Waals surface area contributed by atoms with Crippen LogP contribution in [0.5, 0.6) is 17.2 Å². The summed E-state index contributed by atoms with van der Waals surface area (Å²) in [6.07, 6.45) is 0. The largest absolute Gasteiger partial charge is 0.497 e. The zero-order chi connectivity index (χ0) is 16.3. The van der Waals surface area contributed by atoms with Crippen LogP contribution in [0.2, 0.25) is 0 Å². The lowest BCUT2D eigenvalue weighted by Crippen LogP contribution is -2.11. The quantitative estimate of drug-likeness (QED) is 0.792. The van der Waals surface area contributed by atoms with Crippen molar-refractivity contribution in [3.8, 4) is 17.2 Å². The van der Waals surface area contributed by atoms with Crippen LogP contribution in [0.3, 0.4) is 0 Å². The Kier molecular flexibility index (Phi) is 4.61. The van der Waals surface area contributed by atoms with Crippen molar-refractivity contribution in [1.82, 2.24) is 0 Å². The summed E-state index contributed by atoms with van der Waals surface area (Å²) >= 11 is 0. The molecule has 118 valence electrons. The molecule has 0 N–H and O–H groups in total. The summed E-state index contributed by atoms with van der Waals surface area (Å²) in [4.78, 5) is -0.0755. The monoisotopic (exact) mass is 322 g/mol. The fraction of sp³-hybridized carbons (Fsp3) is 0.250. The third-order valence-electron chi connectivity index (χ3n) is 3.04. The van der Waals surface area contributed by atoms with E-state index in [9.17, 15) is 8.42 Å². The van der Waals surface area contributed by atoms with E-state index >= 15 is 0 Å². The number of benzene rings is 2. The number of hydrogen-bond donors (Lipinski definition) is 0. The van der Waals surface area contributed by atoms with Crippen molar-refractivity contribution in [2.75, 3.05) is 14.2 Å². The fourth-order valence-corrected chi connectivity index (χ4v) is 3.23. The van der Waals surface area contributed by atoms with Gasteiger partial charge in [0.2, 0.25) is 0 Å². The molecule has 0 aromatic heterocycles. The molecule has 5 nitrogen and oxygen atoms in total. The maximum Gasteiger partial charge on any atom is 0.343 e. The third kappa shape index (κ3) is 3.51. The first-order chi connectivity index (χ1) is 10.4. The van der Waals surface area contributed by atoms with Crippen LogP contribution >= 0.6 is 0 Å².